The lowest BCUT2D eigenvalue weighted by Crippen LogP contribution is -2.61. The Morgan fingerprint density at radius 2 is 2.03 bits per heavy atom. The van der Waals surface area contributed by atoms with Crippen LogP contribution in [0, 0.1) is 5.82 Å². The first-order valence-corrected chi connectivity index (χ1v) is 11.3. The molecular formula is C23H24BrClFNO4. The van der Waals surface area contributed by atoms with E-state index in [-0.39, 0.29) is 11.6 Å². The van der Waals surface area contributed by atoms with Crippen molar-refractivity contribution in [3.05, 3.63) is 62.8 Å². The second-order valence-corrected chi connectivity index (χ2v) is 9.93. The SMILES string of the molecule is CC(C)(C)OC(=O)N1CCOCC1[C@@]1(c2ccccc2)Cc2c(cc(F)c(Cl)c2Br)O1. The van der Waals surface area contributed by atoms with Crippen molar-refractivity contribution in [2.75, 3.05) is 19.8 Å². The van der Waals surface area contributed by atoms with E-state index in [9.17, 15) is 9.18 Å². The van der Waals surface area contributed by atoms with E-state index in [1.54, 1.807) is 4.90 Å². The zero-order valence-electron chi connectivity index (χ0n) is 17.6. The van der Waals surface area contributed by atoms with E-state index in [1.165, 1.54) is 6.07 Å². The van der Waals surface area contributed by atoms with Gasteiger partial charge in [0.2, 0.25) is 0 Å². The summed E-state index contributed by atoms with van der Waals surface area (Å²) in [7, 11) is 0. The molecule has 1 fully saturated rings. The number of amides is 1. The van der Waals surface area contributed by atoms with Crippen LogP contribution in [0.4, 0.5) is 9.18 Å². The van der Waals surface area contributed by atoms with Crippen molar-refractivity contribution in [3.63, 3.8) is 0 Å². The van der Waals surface area contributed by atoms with E-state index in [2.05, 4.69) is 15.9 Å². The molecule has 31 heavy (non-hydrogen) atoms. The molecule has 2 heterocycles. The van der Waals surface area contributed by atoms with Crippen molar-refractivity contribution in [2.24, 2.45) is 0 Å². The number of morpholine rings is 1. The zero-order valence-corrected chi connectivity index (χ0v) is 19.9. The van der Waals surface area contributed by atoms with E-state index in [0.717, 1.165) is 11.1 Å². The normalized spacial score (nSPS) is 23.3. The minimum absolute atomic E-state index is 0.00936. The molecule has 166 valence electrons. The van der Waals surface area contributed by atoms with Gasteiger partial charge in [0.05, 0.1) is 18.2 Å². The first kappa shape index (κ1) is 22.4. The highest BCUT2D eigenvalue weighted by Gasteiger charge is 2.53. The summed E-state index contributed by atoms with van der Waals surface area (Å²) in [6, 6.07) is 10.4. The Labute approximate surface area is 194 Å². The maximum Gasteiger partial charge on any atom is 0.410 e. The summed E-state index contributed by atoms with van der Waals surface area (Å²) in [4.78, 5) is 14.8. The van der Waals surface area contributed by atoms with Gasteiger partial charge in [0, 0.05) is 29.1 Å². The molecule has 2 atom stereocenters. The number of ether oxygens (including phenoxy) is 3. The molecule has 0 aliphatic carbocycles. The van der Waals surface area contributed by atoms with Crippen LogP contribution in [0.2, 0.25) is 5.02 Å². The lowest BCUT2D eigenvalue weighted by atomic mass is 9.81. The van der Waals surface area contributed by atoms with Gasteiger partial charge in [0.1, 0.15) is 23.2 Å². The molecule has 0 radical (unpaired) electrons. The quantitative estimate of drug-likeness (QED) is 0.484. The van der Waals surface area contributed by atoms with Crippen molar-refractivity contribution in [1.29, 1.82) is 0 Å². The molecule has 0 saturated carbocycles. The molecule has 2 aliphatic rings. The second-order valence-electron chi connectivity index (χ2n) is 8.76. The van der Waals surface area contributed by atoms with Crippen LogP contribution in [0.15, 0.2) is 40.9 Å². The number of carbonyl (C=O) groups is 1. The van der Waals surface area contributed by atoms with Crippen LogP contribution >= 0.6 is 27.5 Å². The van der Waals surface area contributed by atoms with Crippen molar-refractivity contribution in [2.45, 2.75) is 44.4 Å². The lowest BCUT2D eigenvalue weighted by Gasteiger charge is -2.45. The Kier molecular flexibility index (Phi) is 5.96. The molecule has 8 heteroatoms. The highest BCUT2D eigenvalue weighted by molar-refractivity contribution is 9.10. The van der Waals surface area contributed by atoms with Crippen LogP contribution < -0.4 is 4.74 Å². The number of nitrogens with zero attached hydrogens (tertiary/aromatic N) is 1. The average Bonchev–Trinajstić information content (AvgIpc) is 3.12. The number of halogens is 3. The lowest BCUT2D eigenvalue weighted by molar-refractivity contribution is -0.0957. The average molecular weight is 513 g/mol. The van der Waals surface area contributed by atoms with Crippen molar-refractivity contribution >= 4 is 33.6 Å². The Bertz CT molecular complexity index is 997. The molecule has 0 bridgehead atoms. The van der Waals surface area contributed by atoms with Crippen LogP contribution in [0.3, 0.4) is 0 Å². The number of carbonyl (C=O) groups excluding carboxylic acids is 1. The monoisotopic (exact) mass is 511 g/mol. The molecule has 1 unspecified atom stereocenters. The summed E-state index contributed by atoms with van der Waals surface area (Å²) >= 11 is 9.58. The van der Waals surface area contributed by atoms with Gasteiger partial charge in [-0.1, -0.05) is 41.9 Å². The van der Waals surface area contributed by atoms with E-state index in [0.29, 0.717) is 29.8 Å². The predicted octanol–water partition coefficient (Wildman–Crippen LogP) is 5.71. The molecule has 2 aliphatic heterocycles. The minimum Gasteiger partial charge on any atom is -0.480 e. The Morgan fingerprint density at radius 3 is 2.71 bits per heavy atom. The third-order valence-electron chi connectivity index (χ3n) is 5.51. The second kappa shape index (κ2) is 8.26. The zero-order chi connectivity index (χ0) is 22.4. The number of benzene rings is 2. The molecule has 1 saturated heterocycles. The maximum atomic E-state index is 14.4. The van der Waals surface area contributed by atoms with Crippen LogP contribution in [0.25, 0.3) is 0 Å². The van der Waals surface area contributed by atoms with Gasteiger partial charge in [-0.2, -0.15) is 0 Å². The Hall–Kier alpha value is -1.83. The minimum atomic E-state index is -0.986. The van der Waals surface area contributed by atoms with Crippen LogP contribution in [0.1, 0.15) is 31.9 Å². The first-order valence-electron chi connectivity index (χ1n) is 10.1. The van der Waals surface area contributed by atoms with Crippen molar-refractivity contribution < 1.29 is 23.4 Å². The molecule has 0 N–H and O–H groups in total. The predicted molar refractivity (Wildman–Crippen MR) is 119 cm³/mol. The van der Waals surface area contributed by atoms with Crippen LogP contribution in [-0.2, 0) is 21.5 Å². The Balaban J connectivity index is 1.81. The Morgan fingerprint density at radius 1 is 1.32 bits per heavy atom. The number of hydrogen-bond acceptors (Lipinski definition) is 4. The summed E-state index contributed by atoms with van der Waals surface area (Å²) in [6.45, 7) is 6.52. The number of hydrogen-bond donors (Lipinski definition) is 0. The standard InChI is InChI=1S/C23H24BrClFNO4/c1-22(2,3)31-21(28)27-9-10-29-13-18(27)23(14-7-5-4-6-8-14)12-15-17(30-23)11-16(26)20(25)19(15)24/h4-8,11,18H,9-10,12-13H2,1-3H3/t18?,23-/m0/s1. The summed E-state index contributed by atoms with van der Waals surface area (Å²) in [5.74, 6) is -0.174. The van der Waals surface area contributed by atoms with Crippen LogP contribution in [0.5, 0.6) is 5.75 Å². The highest BCUT2D eigenvalue weighted by Crippen LogP contribution is 2.50. The van der Waals surface area contributed by atoms with Gasteiger partial charge in [0.25, 0.3) is 0 Å². The van der Waals surface area contributed by atoms with Gasteiger partial charge in [-0.25, -0.2) is 9.18 Å². The van der Waals surface area contributed by atoms with Crippen LogP contribution in [-0.4, -0.2) is 42.4 Å². The summed E-state index contributed by atoms with van der Waals surface area (Å²) in [6.07, 6.45) is -0.0424. The van der Waals surface area contributed by atoms with E-state index < -0.39 is 29.2 Å². The molecule has 0 aromatic heterocycles. The molecular weight excluding hydrogens is 489 g/mol. The van der Waals surface area contributed by atoms with Gasteiger partial charge in [0.15, 0.2) is 5.60 Å². The van der Waals surface area contributed by atoms with Crippen molar-refractivity contribution in [1.82, 2.24) is 4.90 Å². The number of rotatable bonds is 2. The molecule has 4 rings (SSSR count). The van der Waals surface area contributed by atoms with E-state index >= 15 is 0 Å². The maximum absolute atomic E-state index is 14.4. The van der Waals surface area contributed by atoms with E-state index in [1.807, 2.05) is 51.1 Å². The van der Waals surface area contributed by atoms with Gasteiger partial charge in [-0.05, 0) is 42.3 Å². The van der Waals surface area contributed by atoms with Gasteiger partial charge < -0.3 is 14.2 Å². The molecule has 2 aromatic carbocycles. The fourth-order valence-electron chi connectivity index (χ4n) is 4.15. The number of fused-ring (bicyclic) bond motifs is 1. The fourth-order valence-corrected chi connectivity index (χ4v) is 4.84. The third-order valence-corrected chi connectivity index (χ3v) is 6.98. The van der Waals surface area contributed by atoms with Gasteiger partial charge in [-0.3, -0.25) is 4.90 Å². The van der Waals surface area contributed by atoms with E-state index in [4.69, 9.17) is 25.8 Å². The first-order chi connectivity index (χ1) is 14.6. The summed E-state index contributed by atoms with van der Waals surface area (Å²) < 4.78 is 32.8. The molecule has 5 nitrogen and oxygen atoms in total. The third kappa shape index (κ3) is 4.15. The molecule has 0 spiro atoms. The highest BCUT2D eigenvalue weighted by atomic mass is 79.9. The summed E-state index contributed by atoms with van der Waals surface area (Å²) in [5.41, 5.74) is -0.0109. The van der Waals surface area contributed by atoms with Gasteiger partial charge >= 0.3 is 6.09 Å². The van der Waals surface area contributed by atoms with Gasteiger partial charge in [-0.15, -0.1) is 0 Å². The van der Waals surface area contributed by atoms with Crippen molar-refractivity contribution in [3.8, 4) is 5.75 Å². The topological polar surface area (TPSA) is 48.0 Å². The summed E-state index contributed by atoms with van der Waals surface area (Å²) in [5, 5.41) is 0.00936. The molecule has 2 aromatic rings. The fraction of sp³-hybridized carbons (Fsp3) is 0.435. The molecule has 1 amide bonds. The smallest absolute Gasteiger partial charge is 0.410 e. The largest absolute Gasteiger partial charge is 0.480 e.